The van der Waals surface area contributed by atoms with Crippen molar-refractivity contribution in [2.45, 2.75) is 32.7 Å². The molecule has 4 nitrogen and oxygen atoms in total. The molecule has 0 bridgehead atoms. The summed E-state index contributed by atoms with van der Waals surface area (Å²) in [6.07, 6.45) is 1.59. The van der Waals surface area contributed by atoms with E-state index >= 15 is 0 Å². The number of hydrogen-bond donors (Lipinski definition) is 1. The molecule has 0 amide bonds. The molecule has 1 aliphatic rings. The molecule has 2 N–H and O–H groups in total. The summed E-state index contributed by atoms with van der Waals surface area (Å²) in [5.74, 6) is 2.32. The molecule has 0 saturated heterocycles. The van der Waals surface area contributed by atoms with E-state index in [4.69, 9.17) is 19.9 Å². The van der Waals surface area contributed by atoms with Gasteiger partial charge >= 0.3 is 0 Å². The van der Waals surface area contributed by atoms with Gasteiger partial charge in [0.05, 0.1) is 6.61 Å². The van der Waals surface area contributed by atoms with Gasteiger partial charge < -0.3 is 19.9 Å². The Balaban J connectivity index is 2.16. The van der Waals surface area contributed by atoms with Crippen LogP contribution in [0.2, 0.25) is 0 Å². The van der Waals surface area contributed by atoms with E-state index in [2.05, 4.69) is 6.58 Å². The number of rotatable bonds is 6. The van der Waals surface area contributed by atoms with Gasteiger partial charge in [-0.1, -0.05) is 5.57 Å². The quantitative estimate of drug-likeness (QED) is 0.802. The van der Waals surface area contributed by atoms with Crippen LogP contribution in [0.1, 0.15) is 25.8 Å². The maximum Gasteiger partial charge on any atom is 0.231 e. The molecule has 0 radical (unpaired) electrons. The molecule has 0 spiro atoms. The summed E-state index contributed by atoms with van der Waals surface area (Å²) in [6, 6.07) is 3.92. The fraction of sp³-hybridized carbons (Fsp3) is 0.467. The van der Waals surface area contributed by atoms with Crippen LogP contribution >= 0.6 is 0 Å². The third-order valence-corrected chi connectivity index (χ3v) is 2.88. The molecule has 1 unspecified atom stereocenters. The molecule has 1 aromatic carbocycles. The second-order valence-electron chi connectivity index (χ2n) is 5.05. The molecule has 0 aliphatic carbocycles. The van der Waals surface area contributed by atoms with Crippen molar-refractivity contribution in [2.75, 3.05) is 13.4 Å². The van der Waals surface area contributed by atoms with E-state index in [-0.39, 0.29) is 12.8 Å². The average Bonchev–Trinajstić information content (AvgIpc) is 2.75. The molecule has 1 aromatic rings. The summed E-state index contributed by atoms with van der Waals surface area (Å²) in [5, 5.41) is 0. The minimum Gasteiger partial charge on any atom is -0.493 e. The zero-order valence-electron chi connectivity index (χ0n) is 11.6. The Bertz CT molecular complexity index is 469. The van der Waals surface area contributed by atoms with Gasteiger partial charge in [0.15, 0.2) is 11.5 Å². The van der Waals surface area contributed by atoms with Crippen LogP contribution < -0.4 is 19.9 Å². The molecule has 4 heteroatoms. The highest BCUT2D eigenvalue weighted by Gasteiger charge is 2.18. The fourth-order valence-electron chi connectivity index (χ4n) is 1.94. The van der Waals surface area contributed by atoms with E-state index in [0.29, 0.717) is 6.61 Å². The van der Waals surface area contributed by atoms with Crippen LogP contribution in [0.15, 0.2) is 24.3 Å². The SMILES string of the molecule is C=C(C)CCOc1cc2c(cc1CC(C)N)OCO2. The summed E-state index contributed by atoms with van der Waals surface area (Å²) in [5.41, 5.74) is 8.04. The second kappa shape index (κ2) is 5.97. The molecule has 19 heavy (non-hydrogen) atoms. The Morgan fingerprint density at radius 2 is 2.11 bits per heavy atom. The van der Waals surface area contributed by atoms with Crippen molar-refractivity contribution in [3.8, 4) is 17.2 Å². The minimum atomic E-state index is 0.0730. The summed E-state index contributed by atoms with van der Waals surface area (Å²) in [4.78, 5) is 0. The molecule has 0 fully saturated rings. The van der Waals surface area contributed by atoms with Crippen LogP contribution in [0.3, 0.4) is 0 Å². The lowest BCUT2D eigenvalue weighted by molar-refractivity contribution is 0.173. The predicted molar refractivity (Wildman–Crippen MR) is 74.8 cm³/mol. The maximum absolute atomic E-state index is 5.87. The summed E-state index contributed by atoms with van der Waals surface area (Å²) in [6.45, 7) is 8.71. The van der Waals surface area contributed by atoms with Gasteiger partial charge in [0.1, 0.15) is 5.75 Å². The molecule has 104 valence electrons. The fourth-order valence-corrected chi connectivity index (χ4v) is 1.94. The van der Waals surface area contributed by atoms with E-state index in [1.807, 2.05) is 26.0 Å². The van der Waals surface area contributed by atoms with Crippen LogP contribution in [0.25, 0.3) is 0 Å². The molecule has 1 heterocycles. The van der Waals surface area contributed by atoms with Gasteiger partial charge in [-0.2, -0.15) is 0 Å². The lowest BCUT2D eigenvalue weighted by atomic mass is 10.1. The van der Waals surface area contributed by atoms with Crippen molar-refractivity contribution >= 4 is 0 Å². The summed E-state index contributed by atoms with van der Waals surface area (Å²) in [7, 11) is 0. The molecular weight excluding hydrogens is 242 g/mol. The van der Waals surface area contributed by atoms with E-state index in [0.717, 1.165) is 41.2 Å². The number of fused-ring (bicyclic) bond motifs is 1. The first-order valence-corrected chi connectivity index (χ1v) is 6.51. The van der Waals surface area contributed by atoms with Crippen molar-refractivity contribution < 1.29 is 14.2 Å². The normalized spacial score (nSPS) is 14.3. The van der Waals surface area contributed by atoms with Crippen molar-refractivity contribution in [3.05, 3.63) is 29.8 Å². The zero-order valence-corrected chi connectivity index (χ0v) is 11.6. The Morgan fingerprint density at radius 1 is 1.42 bits per heavy atom. The standard InChI is InChI=1S/C15H21NO3/c1-10(2)4-5-17-13-8-15-14(18-9-19-15)7-12(13)6-11(3)16/h7-8,11H,1,4-6,9,16H2,2-3H3. The number of benzene rings is 1. The van der Waals surface area contributed by atoms with Gasteiger partial charge in [-0.15, -0.1) is 6.58 Å². The molecule has 1 aliphatic heterocycles. The first-order valence-electron chi connectivity index (χ1n) is 6.51. The van der Waals surface area contributed by atoms with Gasteiger partial charge in [0.25, 0.3) is 0 Å². The van der Waals surface area contributed by atoms with E-state index < -0.39 is 0 Å². The first-order chi connectivity index (χ1) is 9.06. The lowest BCUT2D eigenvalue weighted by Crippen LogP contribution is -2.18. The zero-order chi connectivity index (χ0) is 13.8. The van der Waals surface area contributed by atoms with E-state index in [1.165, 1.54) is 0 Å². The second-order valence-corrected chi connectivity index (χ2v) is 5.05. The third kappa shape index (κ3) is 3.64. The molecule has 2 rings (SSSR count). The highest BCUT2D eigenvalue weighted by molar-refractivity contribution is 5.52. The molecule has 0 aromatic heterocycles. The Labute approximate surface area is 114 Å². The summed E-state index contributed by atoms with van der Waals surface area (Å²) < 4.78 is 16.6. The van der Waals surface area contributed by atoms with E-state index in [9.17, 15) is 0 Å². The smallest absolute Gasteiger partial charge is 0.231 e. The maximum atomic E-state index is 5.87. The molecular formula is C15H21NO3. The van der Waals surface area contributed by atoms with Crippen LogP contribution in [-0.2, 0) is 6.42 Å². The third-order valence-electron chi connectivity index (χ3n) is 2.88. The average molecular weight is 263 g/mol. The Kier molecular flexibility index (Phi) is 4.32. The van der Waals surface area contributed by atoms with Gasteiger partial charge in [0, 0.05) is 18.5 Å². The highest BCUT2D eigenvalue weighted by atomic mass is 16.7. The highest BCUT2D eigenvalue weighted by Crippen LogP contribution is 2.38. The van der Waals surface area contributed by atoms with Gasteiger partial charge in [-0.25, -0.2) is 0 Å². The van der Waals surface area contributed by atoms with Crippen LogP contribution in [-0.4, -0.2) is 19.4 Å². The lowest BCUT2D eigenvalue weighted by Gasteiger charge is -2.14. The van der Waals surface area contributed by atoms with Gasteiger partial charge in [-0.3, -0.25) is 0 Å². The van der Waals surface area contributed by atoms with Crippen molar-refractivity contribution in [3.63, 3.8) is 0 Å². The van der Waals surface area contributed by atoms with E-state index in [1.54, 1.807) is 0 Å². The topological polar surface area (TPSA) is 53.7 Å². The van der Waals surface area contributed by atoms with Crippen molar-refractivity contribution in [2.24, 2.45) is 5.73 Å². The van der Waals surface area contributed by atoms with Crippen LogP contribution in [0.5, 0.6) is 17.2 Å². The minimum absolute atomic E-state index is 0.0730. The van der Waals surface area contributed by atoms with Gasteiger partial charge in [-0.05, 0) is 31.9 Å². The Hall–Kier alpha value is -1.68. The number of nitrogens with two attached hydrogens (primary N) is 1. The molecule has 0 saturated carbocycles. The van der Waals surface area contributed by atoms with Crippen LogP contribution in [0, 0.1) is 0 Å². The largest absolute Gasteiger partial charge is 0.493 e. The summed E-state index contributed by atoms with van der Waals surface area (Å²) >= 11 is 0. The van der Waals surface area contributed by atoms with Gasteiger partial charge in [0.2, 0.25) is 6.79 Å². The monoisotopic (exact) mass is 263 g/mol. The van der Waals surface area contributed by atoms with Crippen molar-refractivity contribution in [1.29, 1.82) is 0 Å². The first kappa shape index (κ1) is 13.7. The predicted octanol–water partition coefficient (Wildman–Crippen LogP) is 2.65. The van der Waals surface area contributed by atoms with Crippen molar-refractivity contribution in [1.82, 2.24) is 0 Å². The Morgan fingerprint density at radius 3 is 2.74 bits per heavy atom. The van der Waals surface area contributed by atoms with Crippen LogP contribution in [0.4, 0.5) is 0 Å². The number of hydrogen-bond acceptors (Lipinski definition) is 4. The molecule has 1 atom stereocenters. The number of ether oxygens (including phenoxy) is 3.